The maximum Gasteiger partial charge on any atom is 0.210 e. The Kier molecular flexibility index (Phi) is 7.22. The van der Waals surface area contributed by atoms with Gasteiger partial charge >= 0.3 is 0 Å². The fraction of sp³-hybridized carbons (Fsp3) is 0.588. The van der Waals surface area contributed by atoms with Crippen molar-refractivity contribution in [1.82, 2.24) is 10.6 Å². The molecule has 7 nitrogen and oxygen atoms in total. The Bertz CT molecular complexity index is 736. The summed E-state index contributed by atoms with van der Waals surface area (Å²) >= 11 is 0. The molecule has 0 saturated heterocycles. The highest BCUT2D eigenvalue weighted by atomic mass is 32.2. The number of rotatable bonds is 9. The molecule has 0 radical (unpaired) electrons. The zero-order valence-corrected chi connectivity index (χ0v) is 16.0. The largest absolute Gasteiger partial charge is 0.490 e. The molecule has 1 saturated carbocycles. The second-order valence-corrected chi connectivity index (χ2v) is 8.17. The SMILES string of the molecule is CCNC(=NCCS(N)(=O)=O)NC(C)c1ccc(OCC2CC2)c(F)c1. The van der Waals surface area contributed by atoms with E-state index in [1.165, 1.54) is 6.07 Å². The van der Waals surface area contributed by atoms with Gasteiger partial charge < -0.3 is 15.4 Å². The first kappa shape index (κ1) is 20.4. The fourth-order valence-electron chi connectivity index (χ4n) is 2.29. The summed E-state index contributed by atoms with van der Waals surface area (Å²) in [4.78, 5) is 4.18. The molecule has 146 valence electrons. The van der Waals surface area contributed by atoms with Crippen LogP contribution in [0.5, 0.6) is 5.75 Å². The van der Waals surface area contributed by atoms with E-state index in [2.05, 4.69) is 15.6 Å². The smallest absolute Gasteiger partial charge is 0.210 e. The van der Waals surface area contributed by atoms with Gasteiger partial charge in [-0.25, -0.2) is 17.9 Å². The second kappa shape index (κ2) is 9.18. The number of guanidine groups is 1. The van der Waals surface area contributed by atoms with Crippen LogP contribution in [0.25, 0.3) is 0 Å². The van der Waals surface area contributed by atoms with Gasteiger partial charge in [-0.05, 0) is 50.3 Å². The van der Waals surface area contributed by atoms with Gasteiger partial charge in [0.15, 0.2) is 17.5 Å². The van der Waals surface area contributed by atoms with Gasteiger partial charge in [0.1, 0.15) is 0 Å². The van der Waals surface area contributed by atoms with Crippen molar-refractivity contribution in [2.24, 2.45) is 16.0 Å². The van der Waals surface area contributed by atoms with Crippen LogP contribution < -0.4 is 20.5 Å². The Balaban J connectivity index is 1.97. The van der Waals surface area contributed by atoms with E-state index in [-0.39, 0.29) is 24.1 Å². The summed E-state index contributed by atoms with van der Waals surface area (Å²) in [7, 11) is -3.56. The summed E-state index contributed by atoms with van der Waals surface area (Å²) in [6.07, 6.45) is 2.30. The van der Waals surface area contributed by atoms with E-state index in [0.29, 0.717) is 25.0 Å². The zero-order chi connectivity index (χ0) is 19.2. The molecular formula is C17H27FN4O3S. The average Bonchev–Trinajstić information content (AvgIpc) is 3.37. The predicted molar refractivity (Wildman–Crippen MR) is 100 cm³/mol. The molecule has 1 aromatic rings. The van der Waals surface area contributed by atoms with E-state index in [1.54, 1.807) is 12.1 Å². The number of nitrogens with two attached hydrogens (primary N) is 1. The van der Waals surface area contributed by atoms with Crippen LogP contribution in [0.2, 0.25) is 0 Å². The Labute approximate surface area is 154 Å². The molecule has 1 aliphatic rings. The lowest BCUT2D eigenvalue weighted by molar-refractivity contribution is 0.285. The second-order valence-electron chi connectivity index (χ2n) is 6.44. The number of nitrogens with one attached hydrogen (secondary N) is 2. The number of sulfonamides is 1. The van der Waals surface area contributed by atoms with Crippen LogP contribution in [0.15, 0.2) is 23.2 Å². The van der Waals surface area contributed by atoms with Crippen LogP contribution in [0, 0.1) is 11.7 Å². The van der Waals surface area contributed by atoms with Crippen molar-refractivity contribution in [3.63, 3.8) is 0 Å². The lowest BCUT2D eigenvalue weighted by atomic mass is 10.1. The molecule has 0 heterocycles. The van der Waals surface area contributed by atoms with Gasteiger partial charge in [0.2, 0.25) is 10.0 Å². The molecular weight excluding hydrogens is 359 g/mol. The molecule has 1 aliphatic carbocycles. The highest BCUT2D eigenvalue weighted by Crippen LogP contribution is 2.30. The first-order valence-corrected chi connectivity index (χ1v) is 10.5. The van der Waals surface area contributed by atoms with Gasteiger partial charge in [0, 0.05) is 6.54 Å². The van der Waals surface area contributed by atoms with Crippen molar-refractivity contribution in [2.75, 3.05) is 25.4 Å². The predicted octanol–water partition coefficient (Wildman–Crippen LogP) is 1.52. The monoisotopic (exact) mass is 386 g/mol. The third-order valence-corrected chi connectivity index (χ3v) is 4.72. The van der Waals surface area contributed by atoms with E-state index in [4.69, 9.17) is 9.88 Å². The van der Waals surface area contributed by atoms with Crippen LogP contribution in [-0.4, -0.2) is 39.8 Å². The van der Waals surface area contributed by atoms with Crippen LogP contribution in [0.4, 0.5) is 4.39 Å². The lowest BCUT2D eigenvalue weighted by Gasteiger charge is -2.19. The van der Waals surface area contributed by atoms with Crippen LogP contribution in [0.3, 0.4) is 0 Å². The van der Waals surface area contributed by atoms with Gasteiger partial charge in [-0.1, -0.05) is 6.07 Å². The third-order valence-electron chi connectivity index (χ3n) is 3.97. The summed E-state index contributed by atoms with van der Waals surface area (Å²) in [6.45, 7) is 4.98. The van der Waals surface area contributed by atoms with Gasteiger partial charge in [0.25, 0.3) is 0 Å². The molecule has 1 unspecified atom stereocenters. The molecule has 0 amide bonds. The van der Waals surface area contributed by atoms with Gasteiger partial charge in [-0.15, -0.1) is 0 Å². The van der Waals surface area contributed by atoms with E-state index < -0.39 is 15.8 Å². The van der Waals surface area contributed by atoms with Gasteiger partial charge in [-0.2, -0.15) is 0 Å². The number of aliphatic imine (C=N–C) groups is 1. The number of hydrogen-bond donors (Lipinski definition) is 3. The van der Waals surface area contributed by atoms with Crippen LogP contribution >= 0.6 is 0 Å². The molecule has 0 spiro atoms. The standard InChI is InChI=1S/C17H27FN4O3S/c1-3-20-17(21-8-9-26(19,23)24)22-12(2)14-6-7-16(15(18)10-14)25-11-13-4-5-13/h6-7,10,12-13H,3-5,8-9,11H2,1-2H3,(H2,19,23,24)(H2,20,21,22). The number of primary sulfonamides is 1. The van der Waals surface area contributed by atoms with E-state index in [1.807, 2.05) is 13.8 Å². The highest BCUT2D eigenvalue weighted by Gasteiger charge is 2.22. The zero-order valence-electron chi connectivity index (χ0n) is 15.2. The Morgan fingerprint density at radius 3 is 2.77 bits per heavy atom. The van der Waals surface area contributed by atoms with Crippen LogP contribution in [-0.2, 0) is 10.0 Å². The summed E-state index contributed by atoms with van der Waals surface area (Å²) in [5, 5.41) is 11.1. The minimum Gasteiger partial charge on any atom is -0.490 e. The van der Waals surface area contributed by atoms with E-state index in [9.17, 15) is 12.8 Å². The first-order chi connectivity index (χ1) is 12.3. The van der Waals surface area contributed by atoms with Crippen LogP contribution in [0.1, 0.15) is 38.3 Å². The van der Waals surface area contributed by atoms with Crippen molar-refractivity contribution in [3.8, 4) is 5.75 Å². The molecule has 0 bridgehead atoms. The first-order valence-electron chi connectivity index (χ1n) is 8.76. The molecule has 2 rings (SSSR count). The van der Waals surface area contributed by atoms with Gasteiger partial charge in [0.05, 0.1) is 24.9 Å². The minimum atomic E-state index is -3.56. The maximum absolute atomic E-state index is 14.2. The number of ether oxygens (including phenoxy) is 1. The molecule has 1 fully saturated rings. The Morgan fingerprint density at radius 2 is 2.19 bits per heavy atom. The van der Waals surface area contributed by atoms with E-state index >= 15 is 0 Å². The highest BCUT2D eigenvalue weighted by molar-refractivity contribution is 7.89. The molecule has 9 heteroatoms. The summed E-state index contributed by atoms with van der Waals surface area (Å²) in [6, 6.07) is 4.65. The van der Waals surface area contributed by atoms with Crippen molar-refractivity contribution in [2.45, 2.75) is 32.7 Å². The normalized spacial score (nSPS) is 16.2. The number of nitrogens with zero attached hydrogens (tertiary/aromatic N) is 1. The number of benzene rings is 1. The molecule has 0 aromatic heterocycles. The average molecular weight is 386 g/mol. The van der Waals surface area contributed by atoms with Gasteiger partial charge in [-0.3, -0.25) is 4.99 Å². The minimum absolute atomic E-state index is 0.0448. The summed E-state index contributed by atoms with van der Waals surface area (Å²) in [5.74, 6) is 0.637. The maximum atomic E-state index is 14.2. The molecule has 1 aromatic carbocycles. The van der Waals surface area contributed by atoms with Crippen molar-refractivity contribution >= 4 is 16.0 Å². The molecule has 1 atom stereocenters. The number of halogens is 1. The Morgan fingerprint density at radius 1 is 1.46 bits per heavy atom. The number of hydrogen-bond acceptors (Lipinski definition) is 4. The molecule has 4 N–H and O–H groups in total. The summed E-state index contributed by atoms with van der Waals surface area (Å²) < 4.78 is 41.7. The van der Waals surface area contributed by atoms with Crippen molar-refractivity contribution in [3.05, 3.63) is 29.6 Å². The summed E-state index contributed by atoms with van der Waals surface area (Å²) in [5.41, 5.74) is 0.735. The fourth-order valence-corrected chi connectivity index (χ4v) is 2.63. The van der Waals surface area contributed by atoms with Crippen molar-refractivity contribution in [1.29, 1.82) is 0 Å². The third kappa shape index (κ3) is 7.17. The Hall–Kier alpha value is -1.87. The molecule has 0 aliphatic heterocycles. The lowest BCUT2D eigenvalue weighted by Crippen LogP contribution is -2.39. The quantitative estimate of drug-likeness (QED) is 0.441. The van der Waals surface area contributed by atoms with E-state index in [0.717, 1.165) is 18.4 Å². The van der Waals surface area contributed by atoms with Crippen molar-refractivity contribution < 1.29 is 17.5 Å². The molecule has 26 heavy (non-hydrogen) atoms. The topological polar surface area (TPSA) is 106 Å².